The normalized spacial score (nSPS) is 21.9. The van der Waals surface area contributed by atoms with Gasteiger partial charge in [-0.3, -0.25) is 14.4 Å². The Kier molecular flexibility index (Phi) is 7.30. The van der Waals surface area contributed by atoms with E-state index >= 15 is 0 Å². The minimum absolute atomic E-state index is 0.236. The van der Waals surface area contributed by atoms with Crippen LogP contribution < -0.4 is 10.6 Å². The van der Waals surface area contributed by atoms with Crippen molar-refractivity contribution < 1.29 is 19.1 Å². The van der Waals surface area contributed by atoms with Gasteiger partial charge >= 0.3 is 5.97 Å². The van der Waals surface area contributed by atoms with Gasteiger partial charge in [-0.1, -0.05) is 11.6 Å². The molecule has 37 heavy (non-hydrogen) atoms. The number of H-pyrrole nitrogens is 1. The number of aryl methyl sites for hydroxylation is 1. The molecule has 3 N–H and O–H groups in total. The molecule has 2 aliphatic rings. The third kappa shape index (κ3) is 5.55. The summed E-state index contributed by atoms with van der Waals surface area (Å²) in [7, 11) is 2.06. The summed E-state index contributed by atoms with van der Waals surface area (Å²) in [5, 5.41) is 7.59. The second-order valence-electron chi connectivity index (χ2n) is 10.1. The molecule has 0 spiro atoms. The Morgan fingerprint density at radius 2 is 1.97 bits per heavy atom. The minimum atomic E-state index is -0.421. The number of nitrogens with one attached hydrogen (secondary N) is 3. The molecular weight excluding hydrogens is 490 g/mol. The second-order valence-corrected chi connectivity index (χ2v) is 11.2. The van der Waals surface area contributed by atoms with E-state index in [4.69, 9.17) is 4.74 Å². The van der Waals surface area contributed by atoms with Crippen molar-refractivity contribution in [3.05, 3.63) is 51.1 Å². The molecule has 9 nitrogen and oxygen atoms in total. The van der Waals surface area contributed by atoms with Crippen LogP contribution in [-0.2, 0) is 22.5 Å². The number of esters is 1. The zero-order valence-corrected chi connectivity index (χ0v) is 22.2. The molecule has 3 aromatic rings. The van der Waals surface area contributed by atoms with Crippen LogP contribution in [0.25, 0.3) is 10.9 Å². The Labute approximate surface area is 220 Å². The number of ether oxygens (including phenoxy) is 1. The first-order valence-corrected chi connectivity index (χ1v) is 13.7. The molecule has 3 heterocycles. The number of aromatic amines is 1. The van der Waals surface area contributed by atoms with Gasteiger partial charge in [0.25, 0.3) is 11.8 Å². The van der Waals surface area contributed by atoms with Crippen LogP contribution in [0.5, 0.6) is 0 Å². The van der Waals surface area contributed by atoms with Crippen molar-refractivity contribution in [2.24, 2.45) is 5.92 Å². The Morgan fingerprint density at radius 1 is 1.16 bits per heavy atom. The molecule has 3 atom stereocenters. The molecule has 5 rings (SSSR count). The third-order valence-corrected chi connectivity index (χ3v) is 8.32. The van der Waals surface area contributed by atoms with E-state index in [1.54, 1.807) is 6.92 Å². The average Bonchev–Trinajstić information content (AvgIpc) is 3.49. The molecule has 196 valence electrons. The maximum absolute atomic E-state index is 13.3. The van der Waals surface area contributed by atoms with E-state index in [2.05, 4.69) is 32.5 Å². The zero-order valence-electron chi connectivity index (χ0n) is 21.4. The summed E-state index contributed by atoms with van der Waals surface area (Å²) >= 11 is 1.42. The van der Waals surface area contributed by atoms with Gasteiger partial charge in [-0.05, 0) is 58.4 Å². The van der Waals surface area contributed by atoms with E-state index in [1.807, 2.05) is 31.2 Å². The van der Waals surface area contributed by atoms with Gasteiger partial charge in [0, 0.05) is 41.3 Å². The molecule has 0 saturated heterocycles. The quantitative estimate of drug-likeness (QED) is 0.428. The number of rotatable bonds is 6. The number of likely N-dealkylation sites (N-methyl/N-ethyl adjacent to an activating group) is 1. The topological polar surface area (TPSA) is 116 Å². The van der Waals surface area contributed by atoms with Gasteiger partial charge in [0.05, 0.1) is 24.3 Å². The number of amides is 2. The van der Waals surface area contributed by atoms with Crippen LogP contribution in [0.4, 0.5) is 0 Å². The van der Waals surface area contributed by atoms with E-state index in [9.17, 15) is 14.4 Å². The fraction of sp³-hybridized carbons (Fsp3) is 0.481. The van der Waals surface area contributed by atoms with Gasteiger partial charge in [-0.25, -0.2) is 4.98 Å². The number of carbonyl (C=O) groups is 3. The van der Waals surface area contributed by atoms with Crippen LogP contribution in [0.3, 0.4) is 0 Å². The van der Waals surface area contributed by atoms with Crippen LogP contribution in [0.2, 0.25) is 0 Å². The molecule has 0 radical (unpaired) electrons. The second kappa shape index (κ2) is 10.6. The van der Waals surface area contributed by atoms with Gasteiger partial charge in [0.1, 0.15) is 5.69 Å². The number of hydrogen-bond acceptors (Lipinski definition) is 7. The van der Waals surface area contributed by atoms with Crippen molar-refractivity contribution in [3.63, 3.8) is 0 Å². The molecular formula is C27H33N5O4S. The van der Waals surface area contributed by atoms with Crippen LogP contribution in [0.1, 0.15) is 62.6 Å². The first-order valence-electron chi connectivity index (χ1n) is 12.9. The monoisotopic (exact) mass is 523 g/mol. The Morgan fingerprint density at radius 3 is 2.78 bits per heavy atom. The molecule has 1 aliphatic carbocycles. The van der Waals surface area contributed by atoms with E-state index < -0.39 is 6.04 Å². The van der Waals surface area contributed by atoms with E-state index in [0.29, 0.717) is 36.6 Å². The Hall–Kier alpha value is -3.24. The highest BCUT2D eigenvalue weighted by Crippen LogP contribution is 2.29. The highest BCUT2D eigenvalue weighted by Gasteiger charge is 2.37. The van der Waals surface area contributed by atoms with Crippen LogP contribution >= 0.6 is 11.3 Å². The Balaban J connectivity index is 1.33. The van der Waals surface area contributed by atoms with Crippen molar-refractivity contribution in [3.8, 4) is 0 Å². The highest BCUT2D eigenvalue weighted by molar-refractivity contribution is 7.13. The maximum Gasteiger partial charge on any atom is 0.308 e. The van der Waals surface area contributed by atoms with Gasteiger partial charge in [-0.2, -0.15) is 0 Å². The van der Waals surface area contributed by atoms with Crippen molar-refractivity contribution >= 4 is 40.0 Å². The summed E-state index contributed by atoms with van der Waals surface area (Å²) in [6.45, 7) is 5.82. The van der Waals surface area contributed by atoms with Crippen LogP contribution in [-0.4, -0.2) is 64.9 Å². The molecule has 1 fully saturated rings. The summed E-state index contributed by atoms with van der Waals surface area (Å²) < 4.78 is 5.25. The van der Waals surface area contributed by atoms with Crippen molar-refractivity contribution in [1.82, 2.24) is 25.5 Å². The SMILES string of the molecule is CCOC(=O)[C@H]1CC[C@H](NC(=O)c2cc3cc(C)ccc3[nH]2)[C@H](NC(=O)c2nc3c(s2)CN(C)CC3)C1. The fourth-order valence-electron chi connectivity index (χ4n) is 5.25. The molecule has 1 saturated carbocycles. The minimum Gasteiger partial charge on any atom is -0.466 e. The standard InChI is InChI=1S/C27H33N5O4S/c1-4-36-27(35)16-6-8-19(29-24(33)22-13-17-11-15(2)5-7-18(17)28-22)21(12-16)30-25(34)26-31-20-9-10-32(3)14-23(20)37-26/h5,7,11,13,16,19,21,28H,4,6,8-10,12,14H2,1-3H3,(H,29,33)(H,30,34)/t16-,19-,21+/m0/s1. The number of aromatic nitrogens is 2. The predicted octanol–water partition coefficient (Wildman–Crippen LogP) is 3.18. The first kappa shape index (κ1) is 25.4. The molecule has 2 aromatic heterocycles. The van der Waals surface area contributed by atoms with E-state index in [0.717, 1.165) is 46.5 Å². The number of fused-ring (bicyclic) bond motifs is 2. The summed E-state index contributed by atoms with van der Waals surface area (Å²) in [5.41, 5.74) is 3.47. The van der Waals surface area contributed by atoms with Crippen LogP contribution in [0, 0.1) is 12.8 Å². The molecule has 0 bridgehead atoms. The largest absolute Gasteiger partial charge is 0.466 e. The maximum atomic E-state index is 13.3. The summed E-state index contributed by atoms with van der Waals surface area (Å²) in [5.74, 6) is -1.09. The van der Waals surface area contributed by atoms with Gasteiger partial charge in [0.2, 0.25) is 0 Å². The molecule has 1 aliphatic heterocycles. The van der Waals surface area contributed by atoms with Gasteiger partial charge in [-0.15, -0.1) is 11.3 Å². The van der Waals surface area contributed by atoms with E-state index in [1.165, 1.54) is 11.3 Å². The van der Waals surface area contributed by atoms with Crippen molar-refractivity contribution in [2.45, 2.75) is 58.2 Å². The number of thiazole rings is 1. The van der Waals surface area contributed by atoms with Crippen molar-refractivity contribution in [1.29, 1.82) is 0 Å². The van der Waals surface area contributed by atoms with Crippen LogP contribution in [0.15, 0.2) is 24.3 Å². The van der Waals surface area contributed by atoms with E-state index in [-0.39, 0.29) is 29.7 Å². The van der Waals surface area contributed by atoms with Gasteiger partial charge < -0.3 is 25.3 Å². The number of carbonyl (C=O) groups excluding carboxylic acids is 3. The highest BCUT2D eigenvalue weighted by atomic mass is 32.1. The van der Waals surface area contributed by atoms with Crippen molar-refractivity contribution in [2.75, 3.05) is 20.2 Å². The summed E-state index contributed by atoms with van der Waals surface area (Å²) in [6, 6.07) is 7.08. The Bertz CT molecular complexity index is 1330. The summed E-state index contributed by atoms with van der Waals surface area (Å²) in [6.07, 6.45) is 2.36. The molecule has 10 heteroatoms. The fourth-order valence-corrected chi connectivity index (χ4v) is 6.34. The lowest BCUT2D eigenvalue weighted by Crippen LogP contribution is -2.55. The zero-order chi connectivity index (χ0) is 26.1. The third-order valence-electron chi connectivity index (χ3n) is 7.24. The lowest BCUT2D eigenvalue weighted by Gasteiger charge is -2.35. The molecule has 1 aromatic carbocycles. The first-order chi connectivity index (χ1) is 17.8. The summed E-state index contributed by atoms with van der Waals surface area (Å²) in [4.78, 5) is 50.0. The molecule has 2 amide bonds. The molecule has 0 unspecified atom stereocenters. The number of nitrogens with zero attached hydrogens (tertiary/aromatic N) is 2. The average molecular weight is 524 g/mol. The smallest absolute Gasteiger partial charge is 0.308 e. The number of hydrogen-bond donors (Lipinski definition) is 3. The lowest BCUT2D eigenvalue weighted by atomic mass is 9.82. The van der Waals surface area contributed by atoms with Gasteiger partial charge in [0.15, 0.2) is 5.01 Å². The lowest BCUT2D eigenvalue weighted by molar-refractivity contribution is -0.149. The predicted molar refractivity (Wildman–Crippen MR) is 142 cm³/mol. The number of benzene rings is 1.